The molecule has 2 aromatic rings. The van der Waals surface area contributed by atoms with Crippen LogP contribution in [0.2, 0.25) is 0 Å². The van der Waals surface area contributed by atoms with Crippen molar-refractivity contribution in [3.8, 4) is 5.75 Å². The molecule has 4 nitrogen and oxygen atoms in total. The summed E-state index contributed by atoms with van der Waals surface area (Å²) < 4.78 is 31.7. The molecule has 0 amide bonds. The molecular weight excluding hydrogens is 315 g/mol. The molecule has 1 atom stereocenters. The van der Waals surface area contributed by atoms with Gasteiger partial charge in [-0.3, -0.25) is 9.19 Å². The fraction of sp³-hybridized carbons (Fsp3) is 0.294. The molecule has 0 saturated carbocycles. The third-order valence-electron chi connectivity index (χ3n) is 3.93. The van der Waals surface area contributed by atoms with E-state index in [9.17, 15) is 8.60 Å². The maximum atomic E-state index is 13.9. The molecule has 3 rings (SSSR count). The van der Waals surface area contributed by atoms with Gasteiger partial charge in [0.15, 0.2) is 0 Å². The fourth-order valence-corrected chi connectivity index (χ4v) is 3.72. The van der Waals surface area contributed by atoms with Crippen molar-refractivity contribution in [1.29, 1.82) is 0 Å². The van der Waals surface area contributed by atoms with Crippen molar-refractivity contribution < 1.29 is 13.3 Å². The second kappa shape index (κ2) is 6.20. The predicted octanol–water partition coefficient (Wildman–Crippen LogP) is 3.38. The van der Waals surface area contributed by atoms with Gasteiger partial charge < -0.3 is 4.74 Å². The second-order valence-corrected chi connectivity index (χ2v) is 6.94. The van der Waals surface area contributed by atoms with Crippen LogP contribution in [-0.2, 0) is 23.0 Å². The van der Waals surface area contributed by atoms with E-state index in [4.69, 9.17) is 4.74 Å². The van der Waals surface area contributed by atoms with Gasteiger partial charge in [-0.05, 0) is 25.5 Å². The number of fused-ring (bicyclic) bond motifs is 1. The monoisotopic (exact) mass is 332 g/mol. The number of halogens is 1. The van der Waals surface area contributed by atoms with Crippen LogP contribution in [0.4, 0.5) is 10.1 Å². The average Bonchev–Trinajstić information content (AvgIpc) is 2.98. The zero-order valence-corrected chi connectivity index (χ0v) is 14.0. The summed E-state index contributed by atoms with van der Waals surface area (Å²) in [6.07, 6.45) is 2.02. The molecule has 1 aromatic heterocycles. The molecule has 0 spiro atoms. The summed E-state index contributed by atoms with van der Waals surface area (Å²) in [5.41, 5.74) is 3.27. The molecule has 0 saturated heterocycles. The molecule has 0 fully saturated rings. The highest BCUT2D eigenvalue weighted by Crippen LogP contribution is 2.31. The molecule has 0 bridgehead atoms. The first-order valence-corrected chi connectivity index (χ1v) is 8.55. The Balaban J connectivity index is 1.81. The average molecular weight is 332 g/mol. The Labute approximate surface area is 136 Å². The highest BCUT2D eigenvalue weighted by molar-refractivity contribution is 8.00. The predicted molar refractivity (Wildman–Crippen MR) is 89.3 cm³/mol. The minimum Gasteiger partial charge on any atom is -0.497 e. The van der Waals surface area contributed by atoms with Crippen LogP contribution >= 0.6 is 0 Å². The van der Waals surface area contributed by atoms with Crippen LogP contribution in [0.1, 0.15) is 22.4 Å². The van der Waals surface area contributed by atoms with E-state index < -0.39 is 10.8 Å². The maximum absolute atomic E-state index is 13.9. The zero-order valence-electron chi connectivity index (χ0n) is 13.2. The number of rotatable bonds is 3. The minimum absolute atomic E-state index is 0.174. The molecule has 0 N–H and O–H groups in total. The minimum atomic E-state index is -1.33. The zero-order chi connectivity index (χ0) is 16.6. The Kier molecular flexibility index (Phi) is 4.26. The first kappa shape index (κ1) is 15.8. The van der Waals surface area contributed by atoms with Gasteiger partial charge in [0, 0.05) is 29.8 Å². The van der Waals surface area contributed by atoms with Crippen LogP contribution in [-0.4, -0.2) is 21.3 Å². The van der Waals surface area contributed by atoms with Gasteiger partial charge in [0.25, 0.3) is 0 Å². The van der Waals surface area contributed by atoms with E-state index in [0.717, 1.165) is 17.0 Å². The van der Waals surface area contributed by atoms with Crippen molar-refractivity contribution in [2.75, 3.05) is 7.11 Å². The standard InChI is InChI=1S/C17H17FN2O2S/c1-10-8-19-15(11(2)17(10)18)9-23(21)16-6-12-4-5-13(22-3)7-14(12)20-16/h4-5,7-8H,6,9H2,1-3H3. The van der Waals surface area contributed by atoms with Gasteiger partial charge in [-0.2, -0.15) is 0 Å². The molecule has 1 unspecified atom stereocenters. The highest BCUT2D eigenvalue weighted by atomic mass is 32.2. The number of aryl methyl sites for hydroxylation is 1. The molecule has 0 aliphatic carbocycles. The molecule has 1 aromatic carbocycles. The first-order valence-electron chi connectivity index (χ1n) is 7.23. The van der Waals surface area contributed by atoms with Crippen molar-refractivity contribution in [1.82, 2.24) is 4.98 Å². The number of nitrogens with zero attached hydrogens (tertiary/aromatic N) is 2. The first-order chi connectivity index (χ1) is 11.0. The normalized spacial score (nSPS) is 14.3. The number of benzene rings is 1. The molecule has 1 aliphatic heterocycles. The Morgan fingerprint density at radius 3 is 2.87 bits per heavy atom. The van der Waals surface area contributed by atoms with Gasteiger partial charge in [0.05, 0.1) is 35.0 Å². The fourth-order valence-electron chi connectivity index (χ4n) is 2.50. The Morgan fingerprint density at radius 2 is 2.13 bits per heavy atom. The Morgan fingerprint density at radius 1 is 1.35 bits per heavy atom. The van der Waals surface area contributed by atoms with Crippen molar-refractivity contribution in [3.63, 3.8) is 0 Å². The SMILES string of the molecule is COc1ccc2c(c1)N=C(S(=O)Cc1ncc(C)c(F)c1C)C2. The van der Waals surface area contributed by atoms with E-state index in [1.165, 1.54) is 6.20 Å². The summed E-state index contributed by atoms with van der Waals surface area (Å²) in [5, 5.41) is 0.593. The summed E-state index contributed by atoms with van der Waals surface area (Å²) in [7, 11) is 0.271. The summed E-state index contributed by atoms with van der Waals surface area (Å²) >= 11 is 0. The number of aliphatic imine (C=N–C) groups is 1. The number of methoxy groups -OCH3 is 1. The smallest absolute Gasteiger partial charge is 0.132 e. The van der Waals surface area contributed by atoms with Crippen LogP contribution in [0.15, 0.2) is 29.4 Å². The Bertz CT molecular complexity index is 834. The summed E-state index contributed by atoms with van der Waals surface area (Å²) in [4.78, 5) is 8.66. The van der Waals surface area contributed by atoms with E-state index in [-0.39, 0.29) is 11.6 Å². The molecule has 1 aliphatic rings. The van der Waals surface area contributed by atoms with Crippen LogP contribution < -0.4 is 4.74 Å². The lowest BCUT2D eigenvalue weighted by Crippen LogP contribution is -2.12. The van der Waals surface area contributed by atoms with Crippen molar-refractivity contribution in [2.24, 2.45) is 4.99 Å². The van der Waals surface area contributed by atoms with E-state index in [2.05, 4.69) is 9.98 Å². The number of hydrogen-bond donors (Lipinski definition) is 0. The van der Waals surface area contributed by atoms with Gasteiger partial charge in [-0.25, -0.2) is 9.38 Å². The van der Waals surface area contributed by atoms with Crippen LogP contribution in [0.5, 0.6) is 5.75 Å². The molecule has 23 heavy (non-hydrogen) atoms. The largest absolute Gasteiger partial charge is 0.497 e. The maximum Gasteiger partial charge on any atom is 0.132 e. The van der Waals surface area contributed by atoms with Crippen LogP contribution in [0.3, 0.4) is 0 Å². The summed E-state index contributed by atoms with van der Waals surface area (Å²) in [5.74, 6) is 0.610. The number of aromatic nitrogens is 1. The van der Waals surface area contributed by atoms with E-state index in [1.807, 2.05) is 18.2 Å². The number of hydrogen-bond acceptors (Lipinski definition) is 4. The van der Waals surface area contributed by atoms with E-state index in [0.29, 0.717) is 28.3 Å². The third-order valence-corrected chi connectivity index (χ3v) is 5.23. The molecular formula is C17H17FN2O2S. The topological polar surface area (TPSA) is 51.5 Å². The van der Waals surface area contributed by atoms with Crippen molar-refractivity contribution in [3.05, 3.63) is 52.6 Å². The highest BCUT2D eigenvalue weighted by Gasteiger charge is 2.21. The lowest BCUT2D eigenvalue weighted by Gasteiger charge is -2.07. The van der Waals surface area contributed by atoms with Crippen molar-refractivity contribution >= 4 is 21.5 Å². The van der Waals surface area contributed by atoms with E-state index in [1.54, 1.807) is 21.0 Å². The van der Waals surface area contributed by atoms with Gasteiger partial charge in [0.1, 0.15) is 16.6 Å². The van der Waals surface area contributed by atoms with Gasteiger partial charge in [-0.15, -0.1) is 0 Å². The van der Waals surface area contributed by atoms with Crippen molar-refractivity contribution in [2.45, 2.75) is 26.0 Å². The van der Waals surface area contributed by atoms with E-state index >= 15 is 0 Å². The third kappa shape index (κ3) is 3.03. The lowest BCUT2D eigenvalue weighted by molar-refractivity contribution is 0.415. The summed E-state index contributed by atoms with van der Waals surface area (Å²) in [6, 6.07) is 5.62. The number of pyridine rings is 1. The van der Waals surface area contributed by atoms with Gasteiger partial charge >= 0.3 is 0 Å². The van der Waals surface area contributed by atoms with Crippen LogP contribution in [0, 0.1) is 19.7 Å². The molecule has 0 radical (unpaired) electrons. The lowest BCUT2D eigenvalue weighted by atomic mass is 10.1. The second-order valence-electron chi connectivity index (χ2n) is 5.49. The molecule has 6 heteroatoms. The molecule has 120 valence electrons. The van der Waals surface area contributed by atoms with Gasteiger partial charge in [-0.1, -0.05) is 6.07 Å². The summed E-state index contributed by atoms with van der Waals surface area (Å²) in [6.45, 7) is 3.33. The Hall–Kier alpha value is -2.08. The molecule has 2 heterocycles. The quantitative estimate of drug-likeness (QED) is 0.866. The number of ether oxygens (including phenoxy) is 1. The van der Waals surface area contributed by atoms with Crippen LogP contribution in [0.25, 0.3) is 0 Å². The van der Waals surface area contributed by atoms with Gasteiger partial charge in [0.2, 0.25) is 0 Å².